The molecule has 0 saturated heterocycles. The number of rotatable bonds is 56. The van der Waals surface area contributed by atoms with E-state index < -0.39 is 6.10 Å². The third-order valence-corrected chi connectivity index (χ3v) is 13.5. The van der Waals surface area contributed by atoms with E-state index in [0.717, 1.165) is 70.6 Å². The molecule has 5 nitrogen and oxygen atoms in total. The molecule has 0 aliphatic rings. The molecule has 0 aromatic rings. The average molecular weight is 978 g/mol. The molecule has 1 atom stereocenters. The molecule has 0 aliphatic heterocycles. The van der Waals surface area contributed by atoms with Gasteiger partial charge in [-0.25, -0.2) is 0 Å². The fourth-order valence-corrected chi connectivity index (χ4v) is 8.93. The number of esters is 2. The van der Waals surface area contributed by atoms with Crippen molar-refractivity contribution in [3.05, 3.63) is 72.9 Å². The first kappa shape index (κ1) is 67.3. The Kier molecular flexibility index (Phi) is 58.3. The van der Waals surface area contributed by atoms with Gasteiger partial charge in [0.2, 0.25) is 0 Å². The molecule has 0 rings (SSSR count). The molecule has 1 N–H and O–H groups in total. The monoisotopic (exact) mass is 977 g/mol. The van der Waals surface area contributed by atoms with Crippen LogP contribution in [0.4, 0.5) is 0 Å². The molecular weight excluding hydrogens is 861 g/mol. The first-order chi connectivity index (χ1) is 34.6. The summed E-state index contributed by atoms with van der Waals surface area (Å²) >= 11 is 0. The van der Waals surface area contributed by atoms with E-state index in [9.17, 15) is 14.7 Å². The first-order valence-electron chi connectivity index (χ1n) is 30.5. The molecule has 0 fully saturated rings. The van der Waals surface area contributed by atoms with Crippen LogP contribution < -0.4 is 0 Å². The van der Waals surface area contributed by atoms with Gasteiger partial charge < -0.3 is 14.6 Å². The molecule has 0 aliphatic carbocycles. The van der Waals surface area contributed by atoms with E-state index in [0.29, 0.717) is 12.8 Å². The highest BCUT2D eigenvalue weighted by Crippen LogP contribution is 2.17. The third kappa shape index (κ3) is 57.9. The predicted octanol–water partition coefficient (Wildman–Crippen LogP) is 20.8. The van der Waals surface area contributed by atoms with Crippen molar-refractivity contribution < 1.29 is 24.2 Å². The Hall–Kier alpha value is -2.66. The molecule has 0 amide bonds. The summed E-state index contributed by atoms with van der Waals surface area (Å²) in [5, 5.41) is 9.67. The van der Waals surface area contributed by atoms with Crippen LogP contribution in [0.25, 0.3) is 0 Å². The zero-order chi connectivity index (χ0) is 50.6. The van der Waals surface area contributed by atoms with E-state index >= 15 is 0 Å². The summed E-state index contributed by atoms with van der Waals surface area (Å²) in [5.41, 5.74) is 0. The normalized spacial score (nSPS) is 12.7. The Bertz CT molecular complexity index is 1240. The topological polar surface area (TPSA) is 72.8 Å². The van der Waals surface area contributed by atoms with Gasteiger partial charge in [0.25, 0.3) is 0 Å². The Morgan fingerprint density at radius 1 is 0.343 bits per heavy atom. The molecule has 0 spiro atoms. The van der Waals surface area contributed by atoms with E-state index in [1.165, 1.54) is 212 Å². The van der Waals surface area contributed by atoms with Gasteiger partial charge >= 0.3 is 11.9 Å². The highest BCUT2D eigenvalue weighted by molar-refractivity contribution is 5.70. The zero-order valence-electron chi connectivity index (χ0n) is 46.5. The van der Waals surface area contributed by atoms with Crippen LogP contribution in [-0.4, -0.2) is 36.4 Å². The van der Waals surface area contributed by atoms with Gasteiger partial charge in [0, 0.05) is 12.8 Å². The largest absolute Gasteiger partial charge is 0.462 e. The minimum Gasteiger partial charge on any atom is -0.462 e. The lowest BCUT2D eigenvalue weighted by Gasteiger charge is -2.15. The maximum absolute atomic E-state index is 12.3. The summed E-state index contributed by atoms with van der Waals surface area (Å²) in [6.45, 7) is 4.06. The summed E-state index contributed by atoms with van der Waals surface area (Å²) in [5.74, 6) is -0.581. The van der Waals surface area contributed by atoms with Gasteiger partial charge in [-0.2, -0.15) is 0 Å². The van der Waals surface area contributed by atoms with Crippen LogP contribution in [0.5, 0.6) is 0 Å². The average Bonchev–Trinajstić information content (AvgIpc) is 3.36. The quantitative estimate of drug-likeness (QED) is 0.0373. The Morgan fingerprint density at radius 3 is 0.943 bits per heavy atom. The van der Waals surface area contributed by atoms with Crippen LogP contribution in [0.1, 0.15) is 309 Å². The standard InChI is InChI=1S/C65H116O5/c1-3-5-7-9-11-13-15-17-19-21-23-25-27-29-31-32-34-36-38-40-42-44-46-48-50-52-54-56-58-60-65(68)70-63(61-66)62-69-64(67)59-57-55-53-51-49-47-45-43-41-39-37-35-33-30-28-26-24-22-20-18-16-14-12-10-8-6-4-2/h5,7,11,13,17,19,22-25,29,31,63,66H,3-4,6,8-10,12,14-16,18,20-21,26-28,30,32-62H2,1-2H3/b7-5-,13-11-,19-17-,24-22-,25-23-,31-29-. The summed E-state index contributed by atoms with van der Waals surface area (Å²) in [6.07, 6.45) is 83.2. The Morgan fingerprint density at radius 2 is 0.614 bits per heavy atom. The van der Waals surface area contributed by atoms with Gasteiger partial charge in [-0.1, -0.05) is 286 Å². The Balaban J connectivity index is 3.46. The van der Waals surface area contributed by atoms with Crippen molar-refractivity contribution in [3.63, 3.8) is 0 Å². The molecule has 0 heterocycles. The molecule has 0 bridgehead atoms. The number of ether oxygens (including phenoxy) is 2. The fourth-order valence-electron chi connectivity index (χ4n) is 8.93. The molecule has 0 radical (unpaired) electrons. The van der Waals surface area contributed by atoms with E-state index in [1.807, 2.05) is 0 Å². The fraction of sp³-hybridized carbons (Fsp3) is 0.785. The number of carbonyl (C=O) groups is 2. The van der Waals surface area contributed by atoms with Crippen molar-refractivity contribution in [1.82, 2.24) is 0 Å². The van der Waals surface area contributed by atoms with Crippen molar-refractivity contribution in [2.24, 2.45) is 0 Å². The number of carbonyl (C=O) groups excluding carboxylic acids is 2. The van der Waals surface area contributed by atoms with E-state index in [2.05, 4.69) is 86.8 Å². The molecule has 1 unspecified atom stereocenters. The molecule has 0 saturated carbocycles. The number of hydrogen-bond acceptors (Lipinski definition) is 5. The van der Waals surface area contributed by atoms with Crippen LogP contribution in [0, 0.1) is 0 Å². The molecule has 70 heavy (non-hydrogen) atoms. The smallest absolute Gasteiger partial charge is 0.306 e. The van der Waals surface area contributed by atoms with Crippen LogP contribution >= 0.6 is 0 Å². The highest BCUT2D eigenvalue weighted by Gasteiger charge is 2.16. The number of allylic oxidation sites excluding steroid dienone is 12. The van der Waals surface area contributed by atoms with E-state index in [4.69, 9.17) is 9.47 Å². The molecule has 406 valence electrons. The van der Waals surface area contributed by atoms with Crippen LogP contribution in [-0.2, 0) is 19.1 Å². The van der Waals surface area contributed by atoms with Crippen molar-refractivity contribution >= 4 is 11.9 Å². The molecule has 5 heteroatoms. The third-order valence-electron chi connectivity index (χ3n) is 13.5. The maximum atomic E-state index is 12.3. The number of unbranched alkanes of at least 4 members (excludes halogenated alkanes) is 36. The van der Waals surface area contributed by atoms with Crippen LogP contribution in [0.15, 0.2) is 72.9 Å². The molecule has 0 aromatic heterocycles. The number of aliphatic hydroxyl groups excluding tert-OH is 1. The zero-order valence-corrected chi connectivity index (χ0v) is 46.5. The minimum absolute atomic E-state index is 0.0653. The summed E-state index contributed by atoms with van der Waals surface area (Å²) in [7, 11) is 0. The van der Waals surface area contributed by atoms with E-state index in [1.54, 1.807) is 0 Å². The predicted molar refractivity (Wildman–Crippen MR) is 306 cm³/mol. The Labute approximate surface area is 435 Å². The van der Waals surface area contributed by atoms with Crippen molar-refractivity contribution in [2.45, 2.75) is 315 Å². The lowest BCUT2D eigenvalue weighted by Crippen LogP contribution is -2.28. The molecular formula is C65H116O5. The van der Waals surface area contributed by atoms with Gasteiger partial charge in [0.1, 0.15) is 6.61 Å². The van der Waals surface area contributed by atoms with E-state index in [-0.39, 0.29) is 25.2 Å². The van der Waals surface area contributed by atoms with Gasteiger partial charge in [-0.15, -0.1) is 0 Å². The summed E-state index contributed by atoms with van der Waals surface area (Å²) in [6, 6.07) is 0. The van der Waals surface area contributed by atoms with Gasteiger partial charge in [-0.3, -0.25) is 9.59 Å². The SMILES string of the molecule is CC/C=C\C/C=C\C/C=C\C/C=C\C/C=C\CCCCCCCCCCCCCCCC(=O)OC(CO)COC(=O)CCCCCCCCCCCCCCCCC/C=C\CCCCCCCCCC. The lowest BCUT2D eigenvalue weighted by molar-refractivity contribution is -0.161. The summed E-state index contributed by atoms with van der Waals surface area (Å²) in [4.78, 5) is 24.6. The number of hydrogen-bond donors (Lipinski definition) is 1. The van der Waals surface area contributed by atoms with Crippen molar-refractivity contribution in [1.29, 1.82) is 0 Å². The second-order valence-corrected chi connectivity index (χ2v) is 20.4. The minimum atomic E-state index is -0.775. The summed E-state index contributed by atoms with van der Waals surface area (Å²) < 4.78 is 10.7. The van der Waals surface area contributed by atoms with Gasteiger partial charge in [-0.05, 0) is 83.5 Å². The highest BCUT2D eigenvalue weighted by atomic mass is 16.6. The lowest BCUT2D eigenvalue weighted by atomic mass is 10.0. The van der Waals surface area contributed by atoms with Crippen LogP contribution in [0.2, 0.25) is 0 Å². The van der Waals surface area contributed by atoms with Crippen molar-refractivity contribution in [3.8, 4) is 0 Å². The first-order valence-corrected chi connectivity index (χ1v) is 30.5. The second-order valence-electron chi connectivity index (χ2n) is 20.4. The van der Waals surface area contributed by atoms with Crippen LogP contribution in [0.3, 0.4) is 0 Å². The number of aliphatic hydroxyl groups is 1. The maximum Gasteiger partial charge on any atom is 0.306 e. The van der Waals surface area contributed by atoms with Crippen molar-refractivity contribution in [2.75, 3.05) is 13.2 Å². The van der Waals surface area contributed by atoms with Gasteiger partial charge in [0.05, 0.1) is 6.61 Å². The second kappa shape index (κ2) is 60.6. The van der Waals surface area contributed by atoms with Gasteiger partial charge in [0.15, 0.2) is 6.10 Å². The molecule has 0 aromatic carbocycles.